The van der Waals surface area contributed by atoms with E-state index in [1.807, 2.05) is 39.0 Å². The molecule has 4 heterocycles. The summed E-state index contributed by atoms with van der Waals surface area (Å²) in [5.41, 5.74) is 1.66. The number of piperazine rings is 1. The van der Waals surface area contributed by atoms with Crippen LogP contribution in [0.3, 0.4) is 0 Å². The molecule has 3 aliphatic rings. The predicted octanol–water partition coefficient (Wildman–Crippen LogP) is 1.88. The monoisotopic (exact) mass is 371 g/mol. The summed E-state index contributed by atoms with van der Waals surface area (Å²) in [6.07, 6.45) is 1.72. The lowest BCUT2D eigenvalue weighted by molar-refractivity contribution is -0.233. The number of hydrogen-bond acceptors (Lipinski definition) is 6. The van der Waals surface area contributed by atoms with Crippen molar-refractivity contribution in [3.8, 4) is 0 Å². The van der Waals surface area contributed by atoms with Crippen LogP contribution in [0.2, 0.25) is 0 Å². The molecular formula is C20H25N3O4. The van der Waals surface area contributed by atoms with E-state index in [2.05, 4.69) is 9.80 Å². The van der Waals surface area contributed by atoms with E-state index in [-0.39, 0.29) is 17.3 Å². The molecule has 3 aliphatic heterocycles. The van der Waals surface area contributed by atoms with Gasteiger partial charge in [0.1, 0.15) is 11.1 Å². The highest BCUT2D eigenvalue weighted by Crippen LogP contribution is 2.55. The molecular weight excluding hydrogens is 346 g/mol. The summed E-state index contributed by atoms with van der Waals surface area (Å²) in [4.78, 5) is 29.1. The maximum Gasteiger partial charge on any atom is 0.419 e. The van der Waals surface area contributed by atoms with Crippen molar-refractivity contribution in [2.45, 2.75) is 56.8 Å². The van der Waals surface area contributed by atoms with E-state index in [0.717, 1.165) is 37.1 Å². The van der Waals surface area contributed by atoms with Crippen LogP contribution < -0.4 is 10.7 Å². The van der Waals surface area contributed by atoms with Crippen LogP contribution in [0, 0.1) is 0 Å². The first-order valence-corrected chi connectivity index (χ1v) is 9.54. The van der Waals surface area contributed by atoms with Gasteiger partial charge in [-0.1, -0.05) is 0 Å². The zero-order chi connectivity index (χ0) is 19.1. The Hall–Kier alpha value is -2.28. The molecule has 0 saturated carbocycles. The zero-order valence-electron chi connectivity index (χ0n) is 16.2. The average Bonchev–Trinajstić information content (AvgIpc) is 2.81. The largest absolute Gasteiger partial charge is 0.459 e. The number of nitrogens with zero attached hydrogens (tertiary/aromatic N) is 3. The molecule has 0 spiro atoms. The van der Waals surface area contributed by atoms with Gasteiger partial charge < -0.3 is 14.1 Å². The molecule has 7 heteroatoms. The summed E-state index contributed by atoms with van der Waals surface area (Å²) in [6, 6.07) is 6.69. The van der Waals surface area contributed by atoms with Crippen LogP contribution >= 0.6 is 0 Å². The fourth-order valence-electron chi connectivity index (χ4n) is 5.11. The Morgan fingerprint density at radius 3 is 2.52 bits per heavy atom. The smallest absolute Gasteiger partial charge is 0.419 e. The van der Waals surface area contributed by atoms with Crippen LogP contribution in [0.25, 0.3) is 11.1 Å². The van der Waals surface area contributed by atoms with Crippen LogP contribution in [0.1, 0.15) is 33.6 Å². The molecule has 1 aromatic carbocycles. The van der Waals surface area contributed by atoms with E-state index in [9.17, 15) is 9.59 Å². The van der Waals surface area contributed by atoms with Gasteiger partial charge in [-0.15, -0.1) is 0 Å². The third-order valence-corrected chi connectivity index (χ3v) is 6.21. The van der Waals surface area contributed by atoms with Gasteiger partial charge in [-0.05, 0) is 45.7 Å². The highest BCUT2D eigenvalue weighted by Gasteiger charge is 2.70. The van der Waals surface area contributed by atoms with E-state index in [0.29, 0.717) is 17.7 Å². The molecule has 1 aromatic heterocycles. The van der Waals surface area contributed by atoms with Gasteiger partial charge in [0.25, 0.3) is 0 Å². The molecule has 3 fully saturated rings. The number of oxazole rings is 1. The van der Waals surface area contributed by atoms with Crippen LogP contribution in [0.4, 0.5) is 5.69 Å². The fourth-order valence-corrected chi connectivity index (χ4v) is 5.11. The van der Waals surface area contributed by atoms with Gasteiger partial charge in [-0.2, -0.15) is 0 Å². The zero-order valence-corrected chi connectivity index (χ0v) is 16.2. The molecule has 7 nitrogen and oxygen atoms in total. The quantitative estimate of drug-likeness (QED) is 0.751. The minimum absolute atomic E-state index is 0.0663. The maximum atomic E-state index is 12.7. The number of rotatable bonds is 2. The minimum Gasteiger partial charge on any atom is -0.459 e. The number of ether oxygens (including phenoxy) is 1. The van der Waals surface area contributed by atoms with E-state index < -0.39 is 5.60 Å². The summed E-state index contributed by atoms with van der Waals surface area (Å²) >= 11 is 0. The van der Waals surface area contributed by atoms with Gasteiger partial charge in [0.2, 0.25) is 0 Å². The second-order valence-electron chi connectivity index (χ2n) is 9.14. The molecule has 2 unspecified atom stereocenters. The van der Waals surface area contributed by atoms with Crippen LogP contribution in [-0.4, -0.2) is 51.7 Å². The number of piperidine rings is 1. The Bertz CT molecular complexity index is 983. The number of esters is 1. The highest BCUT2D eigenvalue weighted by molar-refractivity contribution is 5.85. The van der Waals surface area contributed by atoms with Gasteiger partial charge in [-0.25, -0.2) is 4.79 Å². The number of carbonyl (C=O) groups excluding carboxylic acids is 1. The van der Waals surface area contributed by atoms with Gasteiger partial charge in [0, 0.05) is 44.0 Å². The van der Waals surface area contributed by atoms with Crippen molar-refractivity contribution in [1.82, 2.24) is 9.47 Å². The topological polar surface area (TPSA) is 67.9 Å². The number of anilines is 1. The van der Waals surface area contributed by atoms with E-state index >= 15 is 0 Å². The number of hydrogen-bond donors (Lipinski definition) is 0. The van der Waals surface area contributed by atoms with Crippen molar-refractivity contribution in [2.75, 3.05) is 18.0 Å². The van der Waals surface area contributed by atoms with Crippen molar-refractivity contribution >= 4 is 22.8 Å². The summed E-state index contributed by atoms with van der Waals surface area (Å²) in [7, 11) is 1.71. The Morgan fingerprint density at radius 1 is 1.22 bits per heavy atom. The van der Waals surface area contributed by atoms with E-state index in [1.54, 1.807) is 7.05 Å². The molecule has 27 heavy (non-hydrogen) atoms. The standard InChI is InChI=1S/C20H25N3O4/c1-19(2,3)27-17(24)20-8-13-10-22(11-14(9-20)23(13)20)12-5-6-15-16(7-12)26-18(25)21(15)4/h5-7,13-14H,8-11H2,1-4H3. The fraction of sp³-hybridized carbons (Fsp3) is 0.600. The molecule has 0 bridgehead atoms. The summed E-state index contributed by atoms with van der Waals surface area (Å²) < 4.78 is 12.5. The van der Waals surface area contributed by atoms with Crippen LogP contribution in [0.5, 0.6) is 0 Å². The second kappa shape index (κ2) is 5.16. The van der Waals surface area contributed by atoms with Crippen molar-refractivity contribution in [1.29, 1.82) is 0 Å². The van der Waals surface area contributed by atoms with Crippen molar-refractivity contribution < 1.29 is 13.9 Å². The molecule has 3 saturated heterocycles. The number of carbonyl (C=O) groups is 1. The molecule has 0 N–H and O–H groups in total. The minimum atomic E-state index is -0.446. The lowest BCUT2D eigenvalue weighted by Crippen LogP contribution is -2.87. The Kier molecular flexibility index (Phi) is 3.22. The van der Waals surface area contributed by atoms with Crippen LogP contribution in [0.15, 0.2) is 27.4 Å². The Balaban J connectivity index is 1.34. The van der Waals surface area contributed by atoms with Crippen molar-refractivity contribution in [2.24, 2.45) is 7.05 Å². The number of benzene rings is 1. The highest BCUT2D eigenvalue weighted by atomic mass is 16.6. The van der Waals surface area contributed by atoms with Gasteiger partial charge in [0.05, 0.1) is 5.52 Å². The average molecular weight is 371 g/mol. The van der Waals surface area contributed by atoms with Gasteiger partial charge in [0.15, 0.2) is 5.58 Å². The summed E-state index contributed by atoms with van der Waals surface area (Å²) in [5.74, 6) is -0.407. The normalized spacial score (nSPS) is 29.9. The summed E-state index contributed by atoms with van der Waals surface area (Å²) in [5, 5.41) is 0. The van der Waals surface area contributed by atoms with Crippen molar-refractivity contribution in [3.63, 3.8) is 0 Å². The predicted molar refractivity (Wildman–Crippen MR) is 101 cm³/mol. The van der Waals surface area contributed by atoms with Crippen molar-refractivity contribution in [3.05, 3.63) is 28.7 Å². The summed E-state index contributed by atoms with van der Waals surface area (Å²) in [6.45, 7) is 7.52. The molecule has 2 atom stereocenters. The van der Waals surface area contributed by atoms with E-state index in [4.69, 9.17) is 9.15 Å². The van der Waals surface area contributed by atoms with Gasteiger partial charge >= 0.3 is 11.7 Å². The van der Waals surface area contributed by atoms with Crippen LogP contribution in [-0.2, 0) is 16.6 Å². The Labute approximate surface area is 157 Å². The molecule has 0 radical (unpaired) electrons. The second-order valence-corrected chi connectivity index (χ2v) is 9.14. The molecule has 144 valence electrons. The number of fused-ring (bicyclic) bond motifs is 1. The molecule has 0 aliphatic carbocycles. The first kappa shape index (κ1) is 16.9. The molecule has 0 amide bonds. The van der Waals surface area contributed by atoms with E-state index in [1.165, 1.54) is 4.57 Å². The molecule has 2 aromatic rings. The third-order valence-electron chi connectivity index (χ3n) is 6.21. The number of aryl methyl sites for hydroxylation is 1. The lowest BCUT2D eigenvalue weighted by Gasteiger charge is -2.72. The number of aromatic nitrogens is 1. The lowest BCUT2D eigenvalue weighted by atomic mass is 9.62. The SMILES string of the molecule is Cn1c(=O)oc2cc(N3CC4CC5(C(=O)OC(C)(C)C)CC(C3)N45)ccc21. The van der Waals surface area contributed by atoms with Gasteiger partial charge in [-0.3, -0.25) is 14.3 Å². The Morgan fingerprint density at radius 2 is 1.89 bits per heavy atom. The third kappa shape index (κ3) is 2.30. The molecule has 5 rings (SSSR count). The maximum absolute atomic E-state index is 12.7. The first-order valence-electron chi connectivity index (χ1n) is 9.54. The first-order chi connectivity index (χ1) is 12.7.